The van der Waals surface area contributed by atoms with Crippen LogP contribution in [-0.2, 0) is 50.8 Å². The van der Waals surface area contributed by atoms with Gasteiger partial charge in [-0.2, -0.15) is 0 Å². The number of rotatable bonds is 28. The molecule has 0 aromatic heterocycles. The lowest BCUT2D eigenvalue weighted by Crippen LogP contribution is -3.00. The smallest absolute Gasteiger partial charge is 0.524 e. The third-order valence-electron chi connectivity index (χ3n) is 18.9. The minimum Gasteiger partial charge on any atom is -1.00 e. The fourth-order valence-corrected chi connectivity index (χ4v) is 15.0. The van der Waals surface area contributed by atoms with E-state index in [0.717, 1.165) is 115 Å². The molecule has 1 unspecified atom stereocenters. The summed E-state index contributed by atoms with van der Waals surface area (Å²) in [4.78, 5) is 60.6. The van der Waals surface area contributed by atoms with Gasteiger partial charge >= 0.3 is 14.0 Å². The molecule has 1 aliphatic heterocycles. The first-order valence-electron chi connectivity index (χ1n) is 29.0. The van der Waals surface area contributed by atoms with Gasteiger partial charge in [0, 0.05) is 48.0 Å². The number of aliphatic hydroxyl groups is 2. The fraction of sp³-hybridized carbons (Fsp3) is 0.683. The Morgan fingerprint density at radius 2 is 1.65 bits per heavy atom. The summed E-state index contributed by atoms with van der Waals surface area (Å²) in [6, 6.07) is 15.3. The maximum Gasteiger partial charge on any atom is 0.524 e. The van der Waals surface area contributed by atoms with Crippen LogP contribution in [0.25, 0.3) is 0 Å². The Morgan fingerprint density at radius 3 is 2.38 bits per heavy atom. The number of phosphoric acid groups is 1. The topological polar surface area (TPSA) is 217 Å². The standard InChI is InChI=1S/C60H87N2O14P.ClH/c1-5-62(6-2,40-45-35-44(24-27-52(45)76-77(68,69)70)51(65)39-61-30-16-7-8-17-32-71-33-18-15-21-42-19-11-9-12-20-42)31-34-72-57(67)73-41-53(66)60-54(74-56(75-60)43-22-13-10-14-23-43)37-49-48-26-25-46-36-47(63)28-29-58(46,3)55(48)50(64)38-59(49,60)4;/h9,11-12,19-20,24,27-29,35-36,43,48-51,54-56,61,64-65H,5-8,10,13-18,21-23,25-26,30-34,37-41H2,1-4H3,(H-,68,69,70);1H/t48-,49-,50-,51?,54+,55+,56+,58-,59-,60+;/m0./s1. The van der Waals surface area contributed by atoms with Crippen LogP contribution in [0.5, 0.6) is 5.75 Å². The number of carbonyl (C=O) groups excluding carboxylic acids is 3. The van der Waals surface area contributed by atoms with Crippen molar-refractivity contribution >= 4 is 25.5 Å². The van der Waals surface area contributed by atoms with Crippen LogP contribution in [0.1, 0.15) is 147 Å². The van der Waals surface area contributed by atoms with E-state index in [9.17, 15) is 38.9 Å². The van der Waals surface area contributed by atoms with Crippen LogP contribution in [-0.4, -0.2) is 125 Å². The van der Waals surface area contributed by atoms with E-state index < -0.39 is 67.4 Å². The number of halogens is 1. The molecular formula is C60H88ClN2O14P. The average Bonchev–Trinajstić information content (AvgIpc) is 3.09. The lowest BCUT2D eigenvalue weighted by molar-refractivity contribution is -0.937. The van der Waals surface area contributed by atoms with Crippen LogP contribution >= 0.6 is 7.82 Å². The van der Waals surface area contributed by atoms with E-state index in [1.54, 1.807) is 24.3 Å². The largest absolute Gasteiger partial charge is 1.00 e. The molecular weight excluding hydrogens is 1040 g/mol. The van der Waals surface area contributed by atoms with Crippen molar-refractivity contribution in [2.45, 2.75) is 167 Å². The van der Waals surface area contributed by atoms with Gasteiger partial charge in [0.2, 0.25) is 5.78 Å². The van der Waals surface area contributed by atoms with Gasteiger partial charge in [-0.3, -0.25) is 19.4 Å². The summed E-state index contributed by atoms with van der Waals surface area (Å²) in [5.74, 6) is -0.448. The number of aliphatic hydroxyl groups excluding tert-OH is 2. The highest BCUT2D eigenvalue weighted by molar-refractivity contribution is 7.46. The fourth-order valence-electron chi connectivity index (χ4n) is 14.6. The van der Waals surface area contributed by atoms with E-state index in [0.29, 0.717) is 48.1 Å². The zero-order valence-corrected chi connectivity index (χ0v) is 48.1. The third kappa shape index (κ3) is 14.2. The van der Waals surface area contributed by atoms with Crippen LogP contribution in [0.4, 0.5) is 4.79 Å². The Labute approximate surface area is 468 Å². The molecule has 10 atom stereocenters. The van der Waals surface area contributed by atoms with Crippen LogP contribution in [0.2, 0.25) is 0 Å². The SMILES string of the molecule is CC[N+](CC)(CCOC(=O)OCC(=O)[C@@]12O[C@H](C3CCCCC3)O[C@@H]1C[C@H]1[C@@H]3CCC4=CC(=O)C=C[C@]4(C)[C@H]3[C@@H](O)C[C@@]12C)Cc1cc(C(O)CNCCCCCCOCCCCc2ccccc2)ccc1OP(=O)(O)O.[Cl-]. The summed E-state index contributed by atoms with van der Waals surface area (Å²) >= 11 is 0. The summed E-state index contributed by atoms with van der Waals surface area (Å²) in [6.07, 6.45) is 16.2. The van der Waals surface area contributed by atoms with Gasteiger partial charge in [0.15, 0.2) is 24.3 Å². The van der Waals surface area contributed by atoms with Crippen molar-refractivity contribution in [3.63, 3.8) is 0 Å². The second-order valence-electron chi connectivity index (χ2n) is 23.5. The maximum absolute atomic E-state index is 15.0. The molecule has 1 heterocycles. The van der Waals surface area contributed by atoms with Gasteiger partial charge in [0.1, 0.15) is 25.4 Å². The second-order valence-corrected chi connectivity index (χ2v) is 24.7. The van der Waals surface area contributed by atoms with Gasteiger partial charge in [-0.15, -0.1) is 0 Å². The normalized spacial score (nSPS) is 29.1. The number of phosphoric ester groups is 1. The van der Waals surface area contributed by atoms with Gasteiger partial charge in [0.05, 0.1) is 31.4 Å². The number of Topliss-reactive ketones (excluding diaryl/α,β-unsaturated/α-hetero) is 1. The number of allylic oxidation sites excluding steroid dienone is 4. The summed E-state index contributed by atoms with van der Waals surface area (Å²) in [5, 5.41) is 26.8. The van der Waals surface area contributed by atoms with Crippen molar-refractivity contribution in [2.24, 2.45) is 34.5 Å². The number of ether oxygens (including phenoxy) is 5. The summed E-state index contributed by atoms with van der Waals surface area (Å²) in [6.45, 7) is 11.6. The van der Waals surface area contributed by atoms with Gasteiger partial charge in [-0.05, 0) is 138 Å². The van der Waals surface area contributed by atoms with Crippen LogP contribution < -0.4 is 22.2 Å². The molecule has 0 radical (unpaired) electrons. The molecule has 1 saturated heterocycles. The summed E-state index contributed by atoms with van der Waals surface area (Å²) in [5.41, 5.74) is 0.676. The van der Waals surface area contributed by atoms with Crippen LogP contribution in [0.15, 0.2) is 72.3 Å². The lowest BCUT2D eigenvalue weighted by atomic mass is 9.46. The number of fused-ring (bicyclic) bond motifs is 7. The molecule has 5 fully saturated rings. The minimum atomic E-state index is -4.94. The molecule has 4 saturated carbocycles. The highest BCUT2D eigenvalue weighted by Crippen LogP contribution is 2.70. The molecule has 0 bridgehead atoms. The van der Waals surface area contributed by atoms with E-state index in [2.05, 4.69) is 43.4 Å². The first-order valence-corrected chi connectivity index (χ1v) is 30.5. The Balaban J connectivity index is 0.00000882. The molecule has 2 aromatic rings. The van der Waals surface area contributed by atoms with Crippen molar-refractivity contribution in [2.75, 3.05) is 59.2 Å². The predicted molar refractivity (Wildman–Crippen MR) is 290 cm³/mol. The van der Waals surface area contributed by atoms with Crippen molar-refractivity contribution in [3.8, 4) is 5.75 Å². The number of likely N-dealkylation sites (N-methyl/N-ethyl adjacent to an activating group) is 1. The Bertz CT molecular complexity index is 2430. The van der Waals surface area contributed by atoms with E-state index in [1.165, 1.54) is 11.6 Å². The molecule has 5 N–H and O–H groups in total. The van der Waals surface area contributed by atoms with Gasteiger partial charge in [-0.1, -0.05) is 94.0 Å². The molecule has 2 aromatic carbocycles. The lowest BCUT2D eigenvalue weighted by Gasteiger charge is -2.59. The number of nitrogens with zero attached hydrogens (tertiary/aromatic N) is 1. The predicted octanol–water partition coefficient (Wildman–Crippen LogP) is 6.41. The molecule has 0 spiro atoms. The number of aryl methyl sites for hydroxylation is 1. The quantitative estimate of drug-likeness (QED) is 0.0269. The van der Waals surface area contributed by atoms with Crippen molar-refractivity contribution in [1.82, 2.24) is 5.32 Å². The Morgan fingerprint density at radius 1 is 0.923 bits per heavy atom. The zero-order chi connectivity index (χ0) is 54.9. The van der Waals surface area contributed by atoms with Crippen molar-refractivity contribution < 1.29 is 84.0 Å². The minimum absolute atomic E-state index is 0. The first-order chi connectivity index (χ1) is 36.9. The molecule has 5 aliphatic carbocycles. The van der Waals surface area contributed by atoms with Gasteiger partial charge in [-0.25, -0.2) is 9.36 Å². The first kappa shape index (κ1) is 62.1. The number of quaternary nitrogens is 1. The van der Waals surface area contributed by atoms with Crippen molar-refractivity contribution in [1.29, 1.82) is 0 Å². The van der Waals surface area contributed by atoms with E-state index >= 15 is 0 Å². The van der Waals surface area contributed by atoms with E-state index in [1.807, 2.05) is 26.0 Å². The third-order valence-corrected chi connectivity index (χ3v) is 19.4. The monoisotopic (exact) mass is 1130 g/mol. The average molecular weight is 1130 g/mol. The number of ketones is 2. The van der Waals surface area contributed by atoms with E-state index in [-0.39, 0.29) is 67.3 Å². The van der Waals surface area contributed by atoms with Crippen LogP contribution in [0.3, 0.4) is 0 Å². The molecule has 434 valence electrons. The number of unbranched alkanes of at least 4 members (excludes halogenated alkanes) is 4. The number of hydrogen-bond donors (Lipinski definition) is 5. The summed E-state index contributed by atoms with van der Waals surface area (Å²) < 4.78 is 48.7. The van der Waals surface area contributed by atoms with Crippen molar-refractivity contribution in [3.05, 3.63) is 89.0 Å². The van der Waals surface area contributed by atoms with Crippen LogP contribution in [0, 0.1) is 34.5 Å². The Kier molecular flexibility index (Phi) is 21.9. The molecule has 18 heteroatoms. The molecule has 6 aliphatic rings. The Hall–Kier alpha value is -3.51. The van der Waals surface area contributed by atoms with E-state index in [4.69, 9.17) is 28.2 Å². The maximum atomic E-state index is 15.0. The van der Waals surface area contributed by atoms with Gasteiger partial charge in [0.25, 0.3) is 0 Å². The highest BCUT2D eigenvalue weighted by Gasteiger charge is 2.76. The summed E-state index contributed by atoms with van der Waals surface area (Å²) in [7, 11) is -4.94. The van der Waals surface area contributed by atoms with Gasteiger partial charge < -0.3 is 60.6 Å². The zero-order valence-electron chi connectivity index (χ0n) is 46.5. The molecule has 8 rings (SSSR count). The molecule has 0 amide bonds. The molecule has 78 heavy (non-hydrogen) atoms. The number of hydrogen-bond acceptors (Lipinski definition) is 13. The highest BCUT2D eigenvalue weighted by atomic mass is 35.5. The molecule has 16 nitrogen and oxygen atoms in total. The number of carbonyl (C=O) groups is 3. The second kappa shape index (κ2) is 27.5. The number of nitrogens with one attached hydrogen (secondary N) is 1. The number of benzene rings is 2.